The smallest absolute Gasteiger partial charge is 0.315 e. The Morgan fingerprint density at radius 2 is 2.14 bits per heavy atom. The van der Waals surface area contributed by atoms with Crippen LogP contribution >= 0.6 is 0 Å². The first kappa shape index (κ1) is 10.8. The molecule has 1 aromatic rings. The van der Waals surface area contributed by atoms with E-state index in [9.17, 15) is 4.79 Å². The second-order valence-electron chi connectivity index (χ2n) is 3.62. The van der Waals surface area contributed by atoms with Crippen LogP contribution in [-0.2, 0) is 14.9 Å². The summed E-state index contributed by atoms with van der Waals surface area (Å²) in [6.45, 7) is 3.55. The van der Waals surface area contributed by atoms with E-state index < -0.39 is 5.41 Å². The Kier molecular flexibility index (Phi) is 2.94. The zero-order valence-corrected chi connectivity index (χ0v) is 8.57. The van der Waals surface area contributed by atoms with Gasteiger partial charge in [-0.15, -0.1) is 0 Å². The van der Waals surface area contributed by atoms with Crippen LogP contribution in [0.2, 0.25) is 0 Å². The first-order chi connectivity index (χ1) is 6.48. The third-order valence-corrected chi connectivity index (χ3v) is 2.18. The molecule has 4 heteroatoms. The van der Waals surface area contributed by atoms with E-state index in [2.05, 4.69) is 4.98 Å². The number of carbonyl (C=O) groups is 1. The third-order valence-electron chi connectivity index (χ3n) is 2.18. The summed E-state index contributed by atoms with van der Waals surface area (Å²) in [5.41, 5.74) is 0.584. The molecule has 0 amide bonds. The lowest BCUT2D eigenvalue weighted by molar-refractivity contribution is -0.146. The van der Waals surface area contributed by atoms with Gasteiger partial charge in [0.25, 0.3) is 0 Å². The molecule has 72 valence electrons. The summed E-state index contributed by atoms with van der Waals surface area (Å²) < 4.78 is 4.70. The standard InChI is InChI=1S/C10H12BNO2/c1-10(2,9(13)14-3)7-4-8(11)6-12-5-7/h4-6H,1-3H3. The molecule has 0 bridgehead atoms. The minimum Gasteiger partial charge on any atom is -0.468 e. The summed E-state index contributed by atoms with van der Waals surface area (Å²) in [7, 11) is 6.95. The number of nitrogens with zero attached hydrogens (tertiary/aromatic N) is 1. The molecule has 0 N–H and O–H groups in total. The van der Waals surface area contributed by atoms with Crippen molar-refractivity contribution in [3.05, 3.63) is 24.0 Å². The number of methoxy groups -OCH3 is 1. The van der Waals surface area contributed by atoms with Gasteiger partial charge in [0.05, 0.1) is 12.5 Å². The topological polar surface area (TPSA) is 39.2 Å². The summed E-state index contributed by atoms with van der Waals surface area (Å²) in [6, 6.07) is 1.73. The van der Waals surface area contributed by atoms with Crippen LogP contribution in [-0.4, -0.2) is 25.9 Å². The summed E-state index contributed by atoms with van der Waals surface area (Å²) in [4.78, 5) is 15.4. The maximum atomic E-state index is 11.5. The lowest BCUT2D eigenvalue weighted by Gasteiger charge is -2.21. The van der Waals surface area contributed by atoms with E-state index in [1.807, 2.05) is 0 Å². The summed E-state index contributed by atoms with van der Waals surface area (Å²) in [6.07, 6.45) is 3.16. The van der Waals surface area contributed by atoms with Crippen LogP contribution in [0.15, 0.2) is 18.5 Å². The molecule has 0 spiro atoms. The van der Waals surface area contributed by atoms with Crippen LogP contribution in [0.5, 0.6) is 0 Å². The Hall–Kier alpha value is -1.32. The van der Waals surface area contributed by atoms with E-state index in [4.69, 9.17) is 12.6 Å². The maximum absolute atomic E-state index is 11.5. The highest BCUT2D eigenvalue weighted by molar-refractivity contribution is 6.32. The van der Waals surface area contributed by atoms with Crippen LogP contribution in [0.4, 0.5) is 0 Å². The van der Waals surface area contributed by atoms with Gasteiger partial charge >= 0.3 is 5.97 Å². The molecular formula is C10H12BNO2. The van der Waals surface area contributed by atoms with E-state index in [1.54, 1.807) is 26.1 Å². The molecule has 2 radical (unpaired) electrons. The highest BCUT2D eigenvalue weighted by Crippen LogP contribution is 2.22. The first-order valence-electron chi connectivity index (χ1n) is 4.28. The van der Waals surface area contributed by atoms with Crippen molar-refractivity contribution in [2.75, 3.05) is 7.11 Å². The fraction of sp³-hybridized carbons (Fsp3) is 0.400. The van der Waals surface area contributed by atoms with Gasteiger partial charge < -0.3 is 4.74 Å². The van der Waals surface area contributed by atoms with Crippen LogP contribution in [0.1, 0.15) is 19.4 Å². The van der Waals surface area contributed by atoms with Crippen molar-refractivity contribution in [3.63, 3.8) is 0 Å². The molecule has 0 fully saturated rings. The largest absolute Gasteiger partial charge is 0.468 e. The zero-order chi connectivity index (χ0) is 10.8. The van der Waals surface area contributed by atoms with Crippen molar-refractivity contribution < 1.29 is 9.53 Å². The van der Waals surface area contributed by atoms with E-state index in [-0.39, 0.29) is 5.97 Å². The molecule has 0 aliphatic rings. The first-order valence-corrected chi connectivity index (χ1v) is 4.28. The maximum Gasteiger partial charge on any atom is 0.315 e. The highest BCUT2D eigenvalue weighted by atomic mass is 16.5. The number of ether oxygens (including phenoxy) is 1. The average Bonchev–Trinajstić information content (AvgIpc) is 2.16. The Balaban J connectivity index is 3.09. The van der Waals surface area contributed by atoms with Crippen molar-refractivity contribution in [1.29, 1.82) is 0 Å². The van der Waals surface area contributed by atoms with Gasteiger partial charge in [-0.1, -0.05) is 11.5 Å². The molecule has 0 aliphatic carbocycles. The van der Waals surface area contributed by atoms with Crippen LogP contribution in [0, 0.1) is 0 Å². The minimum absolute atomic E-state index is 0.301. The average molecular weight is 189 g/mol. The molecule has 0 saturated carbocycles. The lowest BCUT2D eigenvalue weighted by atomic mass is 9.83. The molecule has 0 aliphatic heterocycles. The van der Waals surface area contributed by atoms with Crippen LogP contribution < -0.4 is 5.46 Å². The second-order valence-corrected chi connectivity index (χ2v) is 3.62. The molecule has 1 heterocycles. The van der Waals surface area contributed by atoms with Crippen molar-refractivity contribution in [2.24, 2.45) is 0 Å². The molecule has 1 aromatic heterocycles. The Bertz CT molecular complexity index is 350. The zero-order valence-electron chi connectivity index (χ0n) is 8.57. The fourth-order valence-corrected chi connectivity index (χ4v) is 1.17. The predicted octanol–water partition coefficient (Wildman–Crippen LogP) is 0.326. The highest BCUT2D eigenvalue weighted by Gasteiger charge is 2.31. The monoisotopic (exact) mass is 189 g/mol. The minimum atomic E-state index is -0.711. The van der Waals surface area contributed by atoms with E-state index in [1.165, 1.54) is 13.3 Å². The molecular weight excluding hydrogens is 177 g/mol. The Morgan fingerprint density at radius 1 is 1.50 bits per heavy atom. The van der Waals surface area contributed by atoms with Gasteiger partial charge in [-0.05, 0) is 19.4 Å². The summed E-state index contributed by atoms with van der Waals surface area (Å²) in [5.74, 6) is -0.301. The van der Waals surface area contributed by atoms with Gasteiger partial charge in [0.2, 0.25) is 0 Å². The number of pyridine rings is 1. The third kappa shape index (κ3) is 1.95. The van der Waals surface area contributed by atoms with Gasteiger partial charge in [-0.2, -0.15) is 0 Å². The molecule has 3 nitrogen and oxygen atoms in total. The predicted molar refractivity (Wildman–Crippen MR) is 54.7 cm³/mol. The number of rotatable bonds is 2. The van der Waals surface area contributed by atoms with Gasteiger partial charge in [-0.25, -0.2) is 0 Å². The molecule has 1 rings (SSSR count). The summed E-state index contributed by atoms with van der Waals surface area (Å²) in [5, 5.41) is 0. The van der Waals surface area contributed by atoms with Crippen LogP contribution in [0.3, 0.4) is 0 Å². The number of aromatic nitrogens is 1. The van der Waals surface area contributed by atoms with Crippen molar-refractivity contribution in [1.82, 2.24) is 4.98 Å². The van der Waals surface area contributed by atoms with E-state index >= 15 is 0 Å². The Labute approximate surface area is 84.9 Å². The second kappa shape index (κ2) is 3.82. The lowest BCUT2D eigenvalue weighted by Crippen LogP contribution is -2.31. The molecule has 0 unspecified atom stereocenters. The number of esters is 1. The van der Waals surface area contributed by atoms with Crippen molar-refractivity contribution in [2.45, 2.75) is 19.3 Å². The summed E-state index contributed by atoms with van der Waals surface area (Å²) >= 11 is 0. The molecule has 0 aromatic carbocycles. The van der Waals surface area contributed by atoms with E-state index in [0.29, 0.717) is 5.46 Å². The van der Waals surface area contributed by atoms with Gasteiger partial charge in [0, 0.05) is 12.4 Å². The Morgan fingerprint density at radius 3 is 2.64 bits per heavy atom. The van der Waals surface area contributed by atoms with Gasteiger partial charge in [0.1, 0.15) is 7.85 Å². The normalized spacial score (nSPS) is 11.1. The number of hydrogen-bond donors (Lipinski definition) is 0. The molecule has 14 heavy (non-hydrogen) atoms. The van der Waals surface area contributed by atoms with E-state index in [0.717, 1.165) is 5.56 Å². The number of hydrogen-bond acceptors (Lipinski definition) is 3. The molecule has 0 saturated heterocycles. The van der Waals surface area contributed by atoms with Crippen molar-refractivity contribution in [3.8, 4) is 0 Å². The van der Waals surface area contributed by atoms with Crippen molar-refractivity contribution >= 4 is 19.3 Å². The quantitative estimate of drug-likeness (QED) is 0.497. The van der Waals surface area contributed by atoms with Crippen LogP contribution in [0.25, 0.3) is 0 Å². The number of carbonyl (C=O) groups excluding carboxylic acids is 1. The fourth-order valence-electron chi connectivity index (χ4n) is 1.17. The molecule has 0 atom stereocenters. The SMILES string of the molecule is [B]c1cncc(C(C)(C)C(=O)OC)c1. The van der Waals surface area contributed by atoms with Gasteiger partial charge in [-0.3, -0.25) is 9.78 Å². The van der Waals surface area contributed by atoms with Gasteiger partial charge in [0.15, 0.2) is 0 Å².